The number of aromatic nitrogens is 3. The molecule has 0 saturated carbocycles. The second kappa shape index (κ2) is 11.8. The van der Waals surface area contributed by atoms with Crippen LogP contribution in [0.2, 0.25) is 0 Å². The number of hydrogen-bond donors (Lipinski definition) is 0. The molecule has 168 valence electrons. The summed E-state index contributed by atoms with van der Waals surface area (Å²) in [6, 6.07) is 26.4. The first-order valence-corrected chi connectivity index (χ1v) is 12.6. The van der Waals surface area contributed by atoms with Crippen molar-refractivity contribution in [2.75, 3.05) is 0 Å². The first-order chi connectivity index (χ1) is 16.2. The van der Waals surface area contributed by atoms with Crippen LogP contribution in [0.5, 0.6) is 5.75 Å². The molecule has 0 bridgehead atoms. The highest BCUT2D eigenvalue weighted by molar-refractivity contribution is 9.10. The molecule has 3 aromatic carbocycles. The van der Waals surface area contributed by atoms with Crippen molar-refractivity contribution in [1.82, 2.24) is 14.9 Å². The van der Waals surface area contributed by atoms with Gasteiger partial charge in [0.1, 0.15) is 12.4 Å². The van der Waals surface area contributed by atoms with Crippen molar-refractivity contribution in [2.24, 2.45) is 5.10 Å². The zero-order valence-electron chi connectivity index (χ0n) is 18.4. The fraction of sp³-hybridized carbons (Fsp3) is 0.192. The Balaban J connectivity index is 1.47. The summed E-state index contributed by atoms with van der Waals surface area (Å²) in [7, 11) is 0. The number of rotatable bonds is 10. The topological polar surface area (TPSA) is 52.3 Å². The zero-order chi connectivity index (χ0) is 22.9. The molecule has 0 radical (unpaired) electrons. The van der Waals surface area contributed by atoms with E-state index in [1.54, 1.807) is 11.8 Å². The molecule has 0 spiro atoms. The van der Waals surface area contributed by atoms with Crippen LogP contribution in [-0.2, 0) is 18.8 Å². The van der Waals surface area contributed by atoms with Crippen LogP contribution in [0.3, 0.4) is 0 Å². The summed E-state index contributed by atoms with van der Waals surface area (Å²) >= 11 is 5.11. The average molecular weight is 521 g/mol. The van der Waals surface area contributed by atoms with Gasteiger partial charge in [0.05, 0.1) is 6.21 Å². The third-order valence-electron chi connectivity index (χ3n) is 4.86. The van der Waals surface area contributed by atoms with E-state index in [2.05, 4.69) is 57.3 Å². The lowest BCUT2D eigenvalue weighted by molar-refractivity contribution is 0.306. The molecule has 0 aliphatic carbocycles. The lowest BCUT2D eigenvalue weighted by Gasteiger charge is -2.07. The van der Waals surface area contributed by atoms with Crippen LogP contribution in [0.4, 0.5) is 0 Å². The molecular formula is C26H25BrN4OS. The molecule has 33 heavy (non-hydrogen) atoms. The highest BCUT2D eigenvalue weighted by Crippen LogP contribution is 2.23. The quantitative estimate of drug-likeness (QED) is 0.171. The minimum atomic E-state index is 0.532. The van der Waals surface area contributed by atoms with Gasteiger partial charge in [-0.1, -0.05) is 89.2 Å². The number of thioether (sulfide) groups is 1. The Kier molecular flexibility index (Phi) is 8.33. The summed E-state index contributed by atoms with van der Waals surface area (Å²) in [5.74, 6) is 2.48. The van der Waals surface area contributed by atoms with Crippen LogP contribution in [-0.4, -0.2) is 21.1 Å². The lowest BCUT2D eigenvalue weighted by Crippen LogP contribution is -2.00. The molecule has 1 heterocycles. The van der Waals surface area contributed by atoms with Gasteiger partial charge in [0.25, 0.3) is 0 Å². The van der Waals surface area contributed by atoms with E-state index in [0.717, 1.165) is 50.9 Å². The molecule has 1 aromatic heterocycles. The van der Waals surface area contributed by atoms with E-state index < -0.39 is 0 Å². The molecule has 0 N–H and O–H groups in total. The van der Waals surface area contributed by atoms with E-state index in [4.69, 9.17) is 9.84 Å². The van der Waals surface area contributed by atoms with Gasteiger partial charge >= 0.3 is 0 Å². The van der Waals surface area contributed by atoms with Crippen LogP contribution in [0.1, 0.15) is 35.9 Å². The predicted molar refractivity (Wildman–Crippen MR) is 138 cm³/mol. The van der Waals surface area contributed by atoms with Crippen LogP contribution in [0, 0.1) is 0 Å². The summed E-state index contributed by atoms with van der Waals surface area (Å²) < 4.78 is 8.88. The van der Waals surface area contributed by atoms with Gasteiger partial charge in [-0.3, -0.25) is 0 Å². The van der Waals surface area contributed by atoms with Crippen LogP contribution < -0.4 is 4.74 Å². The van der Waals surface area contributed by atoms with Gasteiger partial charge in [-0.2, -0.15) is 9.78 Å². The second-order valence-corrected chi connectivity index (χ2v) is 9.33. The Morgan fingerprint density at radius 2 is 1.79 bits per heavy atom. The Bertz CT molecular complexity index is 1190. The van der Waals surface area contributed by atoms with Gasteiger partial charge in [0, 0.05) is 16.6 Å². The van der Waals surface area contributed by atoms with Crippen molar-refractivity contribution in [1.29, 1.82) is 0 Å². The summed E-state index contributed by atoms with van der Waals surface area (Å²) in [5, 5.41) is 14.3. The molecule has 0 amide bonds. The number of halogens is 1. The number of ether oxygens (including phenoxy) is 1. The fourth-order valence-corrected chi connectivity index (χ4v) is 4.29. The highest BCUT2D eigenvalue weighted by atomic mass is 79.9. The molecule has 4 rings (SSSR count). The minimum absolute atomic E-state index is 0.532. The van der Waals surface area contributed by atoms with Crippen molar-refractivity contribution in [3.05, 3.63) is 106 Å². The number of benzene rings is 3. The maximum Gasteiger partial charge on any atom is 0.212 e. The van der Waals surface area contributed by atoms with Gasteiger partial charge < -0.3 is 4.74 Å². The molecule has 7 heteroatoms. The predicted octanol–water partition coefficient (Wildman–Crippen LogP) is 6.75. The first-order valence-electron chi connectivity index (χ1n) is 10.8. The maximum atomic E-state index is 5.95. The SMILES string of the molecule is CCCc1nnc(SCc2ccc(Br)cc2)n1/N=C/c1cccc(OCc2ccccc2)c1. The smallest absolute Gasteiger partial charge is 0.212 e. The molecule has 0 fully saturated rings. The number of hydrogen-bond acceptors (Lipinski definition) is 5. The molecule has 0 aliphatic heterocycles. The van der Waals surface area contributed by atoms with Gasteiger partial charge in [0.2, 0.25) is 5.16 Å². The van der Waals surface area contributed by atoms with Gasteiger partial charge in [-0.05, 0) is 47.4 Å². The standard InChI is InChI=1S/C26H25BrN4OS/c1-2-7-25-29-30-26(33-19-21-12-14-23(27)15-13-21)31(25)28-17-22-10-6-11-24(16-22)32-18-20-8-4-3-5-9-20/h3-6,8-17H,2,7,18-19H2,1H3/b28-17+. The molecule has 0 atom stereocenters. The molecule has 5 nitrogen and oxygen atoms in total. The van der Waals surface area contributed by atoms with E-state index in [9.17, 15) is 0 Å². The van der Waals surface area contributed by atoms with Crippen LogP contribution in [0.15, 0.2) is 93.6 Å². The lowest BCUT2D eigenvalue weighted by atomic mass is 10.2. The first kappa shape index (κ1) is 23.3. The average Bonchev–Trinajstić information content (AvgIpc) is 3.23. The highest BCUT2D eigenvalue weighted by Gasteiger charge is 2.12. The van der Waals surface area contributed by atoms with Gasteiger partial charge in [-0.15, -0.1) is 10.2 Å². The molecule has 0 saturated heterocycles. The largest absolute Gasteiger partial charge is 0.489 e. The number of aryl methyl sites for hydroxylation is 1. The monoisotopic (exact) mass is 520 g/mol. The molecule has 4 aromatic rings. The van der Waals surface area contributed by atoms with Crippen molar-refractivity contribution < 1.29 is 4.74 Å². The van der Waals surface area contributed by atoms with E-state index in [-0.39, 0.29) is 0 Å². The van der Waals surface area contributed by atoms with Crippen molar-refractivity contribution in [3.63, 3.8) is 0 Å². The number of nitrogens with zero attached hydrogens (tertiary/aromatic N) is 4. The molecular weight excluding hydrogens is 496 g/mol. The molecule has 0 aliphatic rings. The summed E-state index contributed by atoms with van der Waals surface area (Å²) in [6.07, 6.45) is 3.64. The maximum absolute atomic E-state index is 5.95. The minimum Gasteiger partial charge on any atom is -0.489 e. The Hall–Kier alpha value is -2.90. The van der Waals surface area contributed by atoms with Crippen LogP contribution in [0.25, 0.3) is 0 Å². The van der Waals surface area contributed by atoms with Crippen molar-refractivity contribution in [2.45, 2.75) is 37.3 Å². The Morgan fingerprint density at radius 3 is 2.58 bits per heavy atom. The van der Waals surface area contributed by atoms with Gasteiger partial charge in [-0.25, -0.2) is 0 Å². The van der Waals surface area contributed by atoms with Crippen molar-refractivity contribution in [3.8, 4) is 5.75 Å². The summed E-state index contributed by atoms with van der Waals surface area (Å²) in [5.41, 5.74) is 3.32. The van der Waals surface area contributed by atoms with E-state index in [1.807, 2.05) is 65.5 Å². The van der Waals surface area contributed by atoms with E-state index in [1.165, 1.54) is 5.56 Å². The Morgan fingerprint density at radius 1 is 0.970 bits per heavy atom. The van der Waals surface area contributed by atoms with Crippen LogP contribution >= 0.6 is 27.7 Å². The Labute approximate surface area is 207 Å². The normalized spacial score (nSPS) is 11.2. The van der Waals surface area contributed by atoms with Gasteiger partial charge in [0.15, 0.2) is 5.82 Å². The third kappa shape index (κ3) is 6.79. The molecule has 0 unspecified atom stereocenters. The van der Waals surface area contributed by atoms with Crippen molar-refractivity contribution >= 4 is 33.9 Å². The zero-order valence-corrected chi connectivity index (χ0v) is 20.8. The summed E-state index contributed by atoms with van der Waals surface area (Å²) in [4.78, 5) is 0. The van der Waals surface area contributed by atoms with E-state index in [0.29, 0.717) is 6.61 Å². The second-order valence-electron chi connectivity index (χ2n) is 7.47. The van der Waals surface area contributed by atoms with E-state index >= 15 is 0 Å². The summed E-state index contributed by atoms with van der Waals surface area (Å²) in [6.45, 7) is 2.66. The third-order valence-corrected chi connectivity index (χ3v) is 6.38. The fourth-order valence-electron chi connectivity index (χ4n) is 3.16.